The van der Waals surface area contributed by atoms with Crippen LogP contribution in [-0.4, -0.2) is 24.0 Å². The molecule has 0 spiro atoms. The van der Waals surface area contributed by atoms with E-state index in [2.05, 4.69) is 17.4 Å². The summed E-state index contributed by atoms with van der Waals surface area (Å²) in [5.41, 5.74) is 5.02. The number of benzene rings is 1. The monoisotopic (exact) mass is 290 g/mol. The molecule has 1 atom stereocenters. The van der Waals surface area contributed by atoms with Crippen molar-refractivity contribution in [3.63, 3.8) is 0 Å². The first-order valence-electron chi connectivity index (χ1n) is 6.91. The fraction of sp³-hybridized carbons (Fsp3) is 0.400. The Balaban J connectivity index is 2.18. The summed E-state index contributed by atoms with van der Waals surface area (Å²) in [7, 11) is 3.26. The number of nitrogens with two attached hydrogens (primary N) is 1. The molecule has 0 amide bonds. The van der Waals surface area contributed by atoms with Gasteiger partial charge in [0.2, 0.25) is 0 Å². The van der Waals surface area contributed by atoms with Crippen molar-refractivity contribution in [3.8, 4) is 11.5 Å². The number of hydrogen-bond donors (Lipinski definition) is 2. The zero-order chi connectivity index (χ0) is 15.2. The Kier molecular flexibility index (Phi) is 5.19. The molecule has 6 nitrogen and oxygen atoms in total. The predicted octanol–water partition coefficient (Wildman–Crippen LogP) is 1.67. The van der Waals surface area contributed by atoms with Gasteiger partial charge in [-0.15, -0.1) is 0 Å². The van der Waals surface area contributed by atoms with E-state index in [0.29, 0.717) is 0 Å². The number of aromatic nitrogens is 2. The first-order valence-corrected chi connectivity index (χ1v) is 6.91. The summed E-state index contributed by atoms with van der Waals surface area (Å²) < 4.78 is 12.5. The van der Waals surface area contributed by atoms with Gasteiger partial charge in [-0.2, -0.15) is 5.10 Å². The maximum absolute atomic E-state index is 5.69. The Morgan fingerprint density at radius 3 is 2.62 bits per heavy atom. The SMILES string of the molecule is CCn1cc(C(Cc2ccc(OC)c(OC)c2)NN)cn1. The van der Waals surface area contributed by atoms with Crippen LogP contribution in [0.25, 0.3) is 0 Å². The van der Waals surface area contributed by atoms with Crippen LogP contribution in [0.5, 0.6) is 11.5 Å². The lowest BCUT2D eigenvalue weighted by Crippen LogP contribution is -2.29. The van der Waals surface area contributed by atoms with Crippen LogP contribution in [0.3, 0.4) is 0 Å². The molecule has 1 aromatic carbocycles. The maximum atomic E-state index is 5.69. The first kappa shape index (κ1) is 15.3. The van der Waals surface area contributed by atoms with Gasteiger partial charge < -0.3 is 9.47 Å². The Bertz CT molecular complexity index is 583. The van der Waals surface area contributed by atoms with E-state index in [1.807, 2.05) is 35.3 Å². The lowest BCUT2D eigenvalue weighted by Gasteiger charge is -2.15. The third-order valence-corrected chi connectivity index (χ3v) is 3.47. The van der Waals surface area contributed by atoms with Crippen molar-refractivity contribution in [1.29, 1.82) is 0 Å². The second-order valence-electron chi connectivity index (χ2n) is 4.74. The minimum Gasteiger partial charge on any atom is -0.493 e. The molecular weight excluding hydrogens is 268 g/mol. The summed E-state index contributed by atoms with van der Waals surface area (Å²) >= 11 is 0. The second-order valence-corrected chi connectivity index (χ2v) is 4.74. The Labute approximate surface area is 124 Å². The van der Waals surface area contributed by atoms with E-state index in [1.54, 1.807) is 14.2 Å². The van der Waals surface area contributed by atoms with Crippen LogP contribution >= 0.6 is 0 Å². The summed E-state index contributed by atoms with van der Waals surface area (Å²) in [6, 6.07) is 5.88. The molecule has 0 radical (unpaired) electrons. The van der Waals surface area contributed by atoms with Gasteiger partial charge in [-0.1, -0.05) is 6.07 Å². The molecular formula is C15H22N4O2. The van der Waals surface area contributed by atoms with Gasteiger partial charge in [0.25, 0.3) is 0 Å². The van der Waals surface area contributed by atoms with Crippen molar-refractivity contribution >= 4 is 0 Å². The minimum absolute atomic E-state index is 0.00315. The molecule has 114 valence electrons. The summed E-state index contributed by atoms with van der Waals surface area (Å²) in [6.07, 6.45) is 4.59. The average Bonchev–Trinajstić information content (AvgIpc) is 3.01. The molecule has 6 heteroatoms. The summed E-state index contributed by atoms with van der Waals surface area (Å²) in [6.45, 7) is 2.89. The van der Waals surface area contributed by atoms with Crippen molar-refractivity contribution in [2.75, 3.05) is 14.2 Å². The number of rotatable bonds is 7. The first-order chi connectivity index (χ1) is 10.2. The van der Waals surface area contributed by atoms with E-state index in [4.69, 9.17) is 15.3 Å². The lowest BCUT2D eigenvalue weighted by molar-refractivity contribution is 0.354. The van der Waals surface area contributed by atoms with E-state index in [9.17, 15) is 0 Å². The molecule has 0 saturated heterocycles. The zero-order valence-corrected chi connectivity index (χ0v) is 12.7. The Hall–Kier alpha value is -2.05. The summed E-state index contributed by atoms with van der Waals surface area (Å²) in [4.78, 5) is 0. The van der Waals surface area contributed by atoms with Crippen LogP contribution in [0.2, 0.25) is 0 Å². The van der Waals surface area contributed by atoms with Crippen LogP contribution in [0.15, 0.2) is 30.6 Å². The quantitative estimate of drug-likeness (QED) is 0.599. The van der Waals surface area contributed by atoms with E-state index < -0.39 is 0 Å². The highest BCUT2D eigenvalue weighted by atomic mass is 16.5. The number of hydrogen-bond acceptors (Lipinski definition) is 5. The summed E-state index contributed by atoms with van der Waals surface area (Å²) in [5.74, 6) is 7.12. The van der Waals surface area contributed by atoms with Gasteiger partial charge >= 0.3 is 0 Å². The third kappa shape index (κ3) is 3.53. The fourth-order valence-electron chi connectivity index (χ4n) is 2.25. The molecule has 2 rings (SSSR count). The fourth-order valence-corrected chi connectivity index (χ4v) is 2.25. The van der Waals surface area contributed by atoms with Crippen molar-refractivity contribution in [1.82, 2.24) is 15.2 Å². The molecule has 3 N–H and O–H groups in total. The molecule has 1 heterocycles. The Morgan fingerprint density at radius 2 is 2.05 bits per heavy atom. The number of nitrogens with zero attached hydrogens (tertiary/aromatic N) is 2. The van der Waals surface area contributed by atoms with Crippen molar-refractivity contribution in [3.05, 3.63) is 41.7 Å². The summed E-state index contributed by atoms with van der Waals surface area (Å²) in [5, 5.41) is 4.28. The van der Waals surface area contributed by atoms with Crippen molar-refractivity contribution in [2.45, 2.75) is 25.9 Å². The topological polar surface area (TPSA) is 74.3 Å². The van der Waals surface area contributed by atoms with E-state index >= 15 is 0 Å². The highest BCUT2D eigenvalue weighted by Gasteiger charge is 2.14. The molecule has 0 aliphatic heterocycles. The number of hydrazine groups is 1. The predicted molar refractivity (Wildman–Crippen MR) is 81.2 cm³/mol. The van der Waals surface area contributed by atoms with E-state index in [-0.39, 0.29) is 6.04 Å². The molecule has 21 heavy (non-hydrogen) atoms. The number of methoxy groups -OCH3 is 2. The van der Waals surface area contributed by atoms with E-state index in [0.717, 1.165) is 35.6 Å². The minimum atomic E-state index is 0.00315. The standard InChI is InChI=1S/C15H22N4O2/c1-4-19-10-12(9-17-19)13(18-16)7-11-5-6-14(20-2)15(8-11)21-3/h5-6,8-10,13,18H,4,7,16H2,1-3H3. The molecule has 0 bridgehead atoms. The van der Waals surface area contributed by atoms with Gasteiger partial charge in [0.1, 0.15) is 0 Å². The number of aryl methyl sites for hydroxylation is 1. The van der Waals surface area contributed by atoms with E-state index in [1.165, 1.54) is 0 Å². The molecule has 0 aliphatic rings. The van der Waals surface area contributed by atoms with Gasteiger partial charge in [0.15, 0.2) is 11.5 Å². The van der Waals surface area contributed by atoms with Crippen LogP contribution in [-0.2, 0) is 13.0 Å². The smallest absolute Gasteiger partial charge is 0.160 e. The molecule has 0 saturated carbocycles. The van der Waals surface area contributed by atoms with Crippen LogP contribution < -0.4 is 20.7 Å². The highest BCUT2D eigenvalue weighted by Crippen LogP contribution is 2.29. The molecule has 1 unspecified atom stereocenters. The third-order valence-electron chi connectivity index (χ3n) is 3.47. The molecule has 0 fully saturated rings. The average molecular weight is 290 g/mol. The normalized spacial score (nSPS) is 12.2. The number of nitrogens with one attached hydrogen (secondary N) is 1. The Morgan fingerprint density at radius 1 is 1.29 bits per heavy atom. The largest absolute Gasteiger partial charge is 0.493 e. The highest BCUT2D eigenvalue weighted by molar-refractivity contribution is 5.43. The molecule has 0 aliphatic carbocycles. The van der Waals surface area contributed by atoms with Crippen molar-refractivity contribution in [2.24, 2.45) is 5.84 Å². The van der Waals surface area contributed by atoms with Crippen LogP contribution in [0, 0.1) is 0 Å². The van der Waals surface area contributed by atoms with Gasteiger partial charge in [-0.3, -0.25) is 16.0 Å². The van der Waals surface area contributed by atoms with Gasteiger partial charge in [-0.25, -0.2) is 0 Å². The van der Waals surface area contributed by atoms with Crippen molar-refractivity contribution < 1.29 is 9.47 Å². The maximum Gasteiger partial charge on any atom is 0.160 e. The zero-order valence-electron chi connectivity index (χ0n) is 12.7. The lowest BCUT2D eigenvalue weighted by atomic mass is 10.0. The molecule has 2 aromatic rings. The van der Waals surface area contributed by atoms with Crippen LogP contribution in [0.4, 0.5) is 0 Å². The van der Waals surface area contributed by atoms with Gasteiger partial charge in [0, 0.05) is 18.3 Å². The van der Waals surface area contributed by atoms with Crippen LogP contribution in [0.1, 0.15) is 24.1 Å². The number of ether oxygens (including phenoxy) is 2. The second kappa shape index (κ2) is 7.10. The van der Waals surface area contributed by atoms with Gasteiger partial charge in [0.05, 0.1) is 26.5 Å². The molecule has 1 aromatic heterocycles. The van der Waals surface area contributed by atoms with Gasteiger partial charge in [-0.05, 0) is 31.0 Å².